The van der Waals surface area contributed by atoms with Gasteiger partial charge in [-0.2, -0.15) is 0 Å². The molecular formula is C18H24BrClN2O3. The Morgan fingerprint density at radius 1 is 1.16 bits per heavy atom. The van der Waals surface area contributed by atoms with Crippen LogP contribution in [0.3, 0.4) is 0 Å². The summed E-state index contributed by atoms with van der Waals surface area (Å²) in [5.41, 5.74) is 0.458. The summed E-state index contributed by atoms with van der Waals surface area (Å²) in [6.07, 6.45) is 0.701. The molecule has 7 heteroatoms. The summed E-state index contributed by atoms with van der Waals surface area (Å²) in [6.45, 7) is 7.60. The molecule has 0 unspecified atom stereocenters. The van der Waals surface area contributed by atoms with Gasteiger partial charge in [-0.3, -0.25) is 4.79 Å². The van der Waals surface area contributed by atoms with Gasteiger partial charge in [0.25, 0.3) is 0 Å². The van der Waals surface area contributed by atoms with Crippen LogP contribution in [0.5, 0.6) is 0 Å². The molecule has 0 saturated carbocycles. The number of halogens is 2. The zero-order chi connectivity index (χ0) is 18.6. The smallest absolute Gasteiger partial charge is 0.410 e. The Morgan fingerprint density at radius 2 is 1.76 bits per heavy atom. The molecular weight excluding hydrogens is 408 g/mol. The number of aryl methyl sites for hydroxylation is 1. The topological polar surface area (TPSA) is 49.9 Å². The average Bonchev–Trinajstić information content (AvgIpc) is 2.52. The molecule has 0 aliphatic carbocycles. The first kappa shape index (κ1) is 20.0. The van der Waals surface area contributed by atoms with Crippen LogP contribution in [0.2, 0.25) is 5.02 Å². The predicted octanol–water partition coefficient (Wildman–Crippen LogP) is 4.11. The molecule has 1 aliphatic rings. The van der Waals surface area contributed by atoms with Gasteiger partial charge in [-0.1, -0.05) is 33.6 Å². The fourth-order valence-electron chi connectivity index (χ4n) is 2.59. The van der Waals surface area contributed by atoms with Crippen molar-refractivity contribution in [2.75, 3.05) is 26.2 Å². The largest absolute Gasteiger partial charge is 0.444 e. The molecule has 1 aromatic carbocycles. The molecule has 5 nitrogen and oxygen atoms in total. The zero-order valence-electron chi connectivity index (χ0n) is 14.8. The average molecular weight is 432 g/mol. The van der Waals surface area contributed by atoms with E-state index < -0.39 is 5.60 Å². The van der Waals surface area contributed by atoms with Gasteiger partial charge in [-0.15, -0.1) is 0 Å². The highest BCUT2D eigenvalue weighted by Crippen LogP contribution is 2.22. The van der Waals surface area contributed by atoms with Crippen LogP contribution in [0.1, 0.15) is 32.8 Å². The van der Waals surface area contributed by atoms with Gasteiger partial charge in [0.2, 0.25) is 5.91 Å². The molecule has 1 heterocycles. The minimum atomic E-state index is -0.506. The second kappa shape index (κ2) is 8.41. The Labute approximate surface area is 162 Å². The quantitative estimate of drug-likeness (QED) is 0.723. The van der Waals surface area contributed by atoms with Crippen molar-refractivity contribution in [1.82, 2.24) is 9.80 Å². The third kappa shape index (κ3) is 6.19. The molecule has 0 spiro atoms. The number of piperazine rings is 1. The number of carbonyl (C=O) groups excluding carboxylic acids is 2. The van der Waals surface area contributed by atoms with Gasteiger partial charge in [0, 0.05) is 42.1 Å². The van der Waals surface area contributed by atoms with Crippen LogP contribution < -0.4 is 0 Å². The number of ether oxygens (including phenoxy) is 1. The molecule has 2 rings (SSSR count). The molecule has 0 atom stereocenters. The molecule has 1 saturated heterocycles. The Bertz CT molecular complexity index is 638. The standard InChI is InChI=1S/C18H24BrClN2O3/c1-18(2,3)25-17(24)22-10-8-21(9-11-22)16(23)7-5-13-4-6-14(19)12-15(13)20/h4,6,12H,5,7-11H2,1-3H3. The summed E-state index contributed by atoms with van der Waals surface area (Å²) < 4.78 is 6.29. The van der Waals surface area contributed by atoms with E-state index in [0.29, 0.717) is 44.0 Å². The van der Waals surface area contributed by atoms with E-state index >= 15 is 0 Å². The predicted molar refractivity (Wildman–Crippen MR) is 102 cm³/mol. The third-order valence-electron chi connectivity index (χ3n) is 3.91. The van der Waals surface area contributed by atoms with Crippen LogP contribution in [-0.4, -0.2) is 53.6 Å². The summed E-state index contributed by atoms with van der Waals surface area (Å²) in [6, 6.07) is 5.69. The van der Waals surface area contributed by atoms with Crippen LogP contribution in [-0.2, 0) is 16.0 Å². The minimum absolute atomic E-state index is 0.0859. The monoisotopic (exact) mass is 430 g/mol. The lowest BCUT2D eigenvalue weighted by molar-refractivity contribution is -0.132. The number of hydrogen-bond acceptors (Lipinski definition) is 3. The van der Waals surface area contributed by atoms with Crippen molar-refractivity contribution in [2.24, 2.45) is 0 Å². The second-order valence-corrected chi connectivity index (χ2v) is 8.41. The summed E-state index contributed by atoms with van der Waals surface area (Å²) in [4.78, 5) is 27.9. The lowest BCUT2D eigenvalue weighted by Gasteiger charge is -2.35. The normalized spacial score (nSPS) is 15.2. The first-order valence-corrected chi connectivity index (χ1v) is 9.52. The van der Waals surface area contributed by atoms with E-state index in [9.17, 15) is 9.59 Å². The molecule has 0 radical (unpaired) electrons. The molecule has 2 amide bonds. The summed E-state index contributed by atoms with van der Waals surface area (Å²) >= 11 is 9.56. The number of nitrogens with zero attached hydrogens (tertiary/aromatic N) is 2. The molecule has 1 aliphatic heterocycles. The molecule has 0 bridgehead atoms. The van der Waals surface area contributed by atoms with E-state index in [1.165, 1.54) is 0 Å². The highest BCUT2D eigenvalue weighted by Gasteiger charge is 2.27. The fraction of sp³-hybridized carbons (Fsp3) is 0.556. The number of hydrogen-bond donors (Lipinski definition) is 0. The Hall–Kier alpha value is -1.27. The lowest BCUT2D eigenvalue weighted by Crippen LogP contribution is -2.51. The number of rotatable bonds is 3. The van der Waals surface area contributed by atoms with Crippen molar-refractivity contribution in [1.29, 1.82) is 0 Å². The first-order chi connectivity index (χ1) is 11.7. The van der Waals surface area contributed by atoms with Gasteiger partial charge in [0.05, 0.1) is 0 Å². The van der Waals surface area contributed by atoms with Gasteiger partial charge < -0.3 is 14.5 Å². The van der Waals surface area contributed by atoms with Gasteiger partial charge in [-0.25, -0.2) is 4.79 Å². The molecule has 1 aromatic rings. The summed E-state index contributed by atoms with van der Waals surface area (Å²) in [5, 5.41) is 0.664. The van der Waals surface area contributed by atoms with E-state index in [1.807, 2.05) is 39.0 Å². The van der Waals surface area contributed by atoms with Crippen molar-refractivity contribution < 1.29 is 14.3 Å². The molecule has 138 valence electrons. The maximum atomic E-state index is 12.4. The number of carbonyl (C=O) groups is 2. The maximum absolute atomic E-state index is 12.4. The van der Waals surface area contributed by atoms with Crippen molar-refractivity contribution in [2.45, 2.75) is 39.2 Å². The van der Waals surface area contributed by atoms with Gasteiger partial charge >= 0.3 is 6.09 Å². The molecule has 0 N–H and O–H groups in total. The zero-order valence-corrected chi connectivity index (χ0v) is 17.2. The highest BCUT2D eigenvalue weighted by atomic mass is 79.9. The first-order valence-electron chi connectivity index (χ1n) is 8.35. The SMILES string of the molecule is CC(C)(C)OC(=O)N1CCN(C(=O)CCc2ccc(Br)cc2Cl)CC1. The highest BCUT2D eigenvalue weighted by molar-refractivity contribution is 9.10. The van der Waals surface area contributed by atoms with E-state index in [-0.39, 0.29) is 12.0 Å². The van der Waals surface area contributed by atoms with Crippen LogP contribution in [0.15, 0.2) is 22.7 Å². The van der Waals surface area contributed by atoms with Crippen LogP contribution in [0, 0.1) is 0 Å². The van der Waals surface area contributed by atoms with Crippen LogP contribution in [0.4, 0.5) is 4.79 Å². The second-order valence-electron chi connectivity index (χ2n) is 7.08. The fourth-order valence-corrected chi connectivity index (χ4v) is 3.36. The van der Waals surface area contributed by atoms with Crippen molar-refractivity contribution in [3.05, 3.63) is 33.3 Å². The molecule has 0 aromatic heterocycles. The van der Waals surface area contributed by atoms with Crippen molar-refractivity contribution in [3.63, 3.8) is 0 Å². The number of amides is 2. The lowest BCUT2D eigenvalue weighted by atomic mass is 10.1. The van der Waals surface area contributed by atoms with E-state index in [4.69, 9.17) is 16.3 Å². The molecule has 25 heavy (non-hydrogen) atoms. The van der Waals surface area contributed by atoms with E-state index in [1.54, 1.807) is 9.80 Å². The third-order valence-corrected chi connectivity index (χ3v) is 4.75. The van der Waals surface area contributed by atoms with Crippen LogP contribution >= 0.6 is 27.5 Å². The van der Waals surface area contributed by atoms with Crippen molar-refractivity contribution >= 4 is 39.5 Å². The number of benzene rings is 1. The minimum Gasteiger partial charge on any atom is -0.444 e. The molecule has 1 fully saturated rings. The van der Waals surface area contributed by atoms with Gasteiger partial charge in [0.1, 0.15) is 5.60 Å². The Kier molecular flexibility index (Phi) is 6.74. The maximum Gasteiger partial charge on any atom is 0.410 e. The summed E-state index contributed by atoms with van der Waals surface area (Å²) in [5.74, 6) is 0.0859. The van der Waals surface area contributed by atoms with Gasteiger partial charge in [0.15, 0.2) is 0 Å². The Morgan fingerprint density at radius 3 is 2.32 bits per heavy atom. The van der Waals surface area contributed by atoms with Crippen LogP contribution in [0.25, 0.3) is 0 Å². The van der Waals surface area contributed by atoms with Gasteiger partial charge in [-0.05, 0) is 44.9 Å². The van der Waals surface area contributed by atoms with E-state index in [0.717, 1.165) is 10.0 Å². The van der Waals surface area contributed by atoms with Crippen molar-refractivity contribution in [3.8, 4) is 0 Å². The Balaban J connectivity index is 1.80. The summed E-state index contributed by atoms with van der Waals surface area (Å²) in [7, 11) is 0. The van der Waals surface area contributed by atoms with E-state index in [2.05, 4.69) is 15.9 Å².